The molecule has 0 bridgehead atoms. The monoisotopic (exact) mass is 288 g/mol. The van der Waals surface area contributed by atoms with E-state index in [1.807, 2.05) is 19.3 Å². The first-order valence-corrected chi connectivity index (χ1v) is 7.75. The van der Waals surface area contributed by atoms with Crippen molar-refractivity contribution in [2.24, 2.45) is 0 Å². The average molecular weight is 288 g/mol. The van der Waals surface area contributed by atoms with Crippen LogP contribution in [0.3, 0.4) is 0 Å². The van der Waals surface area contributed by atoms with Crippen LogP contribution in [0.1, 0.15) is 30.0 Å². The summed E-state index contributed by atoms with van der Waals surface area (Å²) in [5.74, 6) is 0.533. The first kappa shape index (κ1) is 14.5. The van der Waals surface area contributed by atoms with Gasteiger partial charge >= 0.3 is 0 Å². The number of nitrogens with zero attached hydrogens (tertiary/aromatic N) is 2. The van der Waals surface area contributed by atoms with Gasteiger partial charge in [0, 0.05) is 42.8 Å². The van der Waals surface area contributed by atoms with Gasteiger partial charge in [-0.2, -0.15) is 0 Å². The van der Waals surface area contributed by atoms with Gasteiger partial charge in [-0.25, -0.2) is 4.98 Å². The third-order valence-electron chi connectivity index (χ3n) is 4.33. The van der Waals surface area contributed by atoms with Crippen LogP contribution in [-0.4, -0.2) is 53.3 Å². The van der Waals surface area contributed by atoms with Crippen LogP contribution >= 0.6 is 0 Å². The molecule has 3 heterocycles. The molecule has 0 unspecified atom stereocenters. The highest BCUT2D eigenvalue weighted by atomic mass is 16.3. The molecule has 1 saturated heterocycles. The van der Waals surface area contributed by atoms with Crippen molar-refractivity contribution in [3.8, 4) is 0 Å². The zero-order chi connectivity index (χ0) is 14.7. The Balaban J connectivity index is 1.96. The van der Waals surface area contributed by atoms with Crippen LogP contribution < -0.4 is 5.32 Å². The molecular weight excluding hydrogens is 264 g/mol. The van der Waals surface area contributed by atoms with E-state index < -0.39 is 0 Å². The maximum atomic E-state index is 9.12. The number of rotatable bonds is 5. The van der Waals surface area contributed by atoms with Gasteiger partial charge in [0.15, 0.2) is 0 Å². The Morgan fingerprint density at radius 3 is 3.14 bits per heavy atom. The summed E-state index contributed by atoms with van der Waals surface area (Å²) in [4.78, 5) is 10.2. The molecule has 114 valence electrons. The molecule has 1 atom stereocenters. The predicted octanol–water partition coefficient (Wildman–Crippen LogP) is 1.45. The highest BCUT2D eigenvalue weighted by Gasteiger charge is 2.22. The lowest BCUT2D eigenvalue weighted by Crippen LogP contribution is -2.29. The molecular formula is C16H24N4O. The van der Waals surface area contributed by atoms with E-state index in [1.165, 1.54) is 29.5 Å². The van der Waals surface area contributed by atoms with Crippen LogP contribution in [0.15, 0.2) is 18.3 Å². The van der Waals surface area contributed by atoms with Crippen molar-refractivity contribution in [3.63, 3.8) is 0 Å². The molecule has 2 aromatic rings. The first-order chi connectivity index (χ1) is 10.3. The zero-order valence-electron chi connectivity index (χ0n) is 12.6. The second-order valence-electron chi connectivity index (χ2n) is 5.92. The number of pyridine rings is 1. The molecule has 3 rings (SSSR count). The van der Waals surface area contributed by atoms with Crippen molar-refractivity contribution in [1.82, 2.24) is 20.2 Å². The SMILES string of the molecule is CN(CCO)Cc1c([C@@H]2CCCNC2)[nH]c2ncccc12. The smallest absolute Gasteiger partial charge is 0.137 e. The summed E-state index contributed by atoms with van der Waals surface area (Å²) in [5.41, 5.74) is 3.63. The highest BCUT2D eigenvalue weighted by Crippen LogP contribution is 2.31. The van der Waals surface area contributed by atoms with Crippen LogP contribution in [-0.2, 0) is 6.54 Å². The normalized spacial score (nSPS) is 19.5. The van der Waals surface area contributed by atoms with Gasteiger partial charge in [-0.05, 0) is 44.1 Å². The van der Waals surface area contributed by atoms with Gasteiger partial charge in [0.25, 0.3) is 0 Å². The summed E-state index contributed by atoms with van der Waals surface area (Å²) in [6.07, 6.45) is 4.28. The molecule has 2 aromatic heterocycles. The van der Waals surface area contributed by atoms with Gasteiger partial charge in [-0.1, -0.05) is 0 Å². The molecule has 0 amide bonds. The van der Waals surface area contributed by atoms with E-state index in [0.717, 1.165) is 25.3 Å². The minimum Gasteiger partial charge on any atom is -0.395 e. The van der Waals surface area contributed by atoms with Gasteiger partial charge in [0.1, 0.15) is 5.65 Å². The Hall–Kier alpha value is -1.43. The predicted molar refractivity (Wildman–Crippen MR) is 84.4 cm³/mol. The first-order valence-electron chi connectivity index (χ1n) is 7.75. The van der Waals surface area contributed by atoms with E-state index in [2.05, 4.69) is 26.3 Å². The number of hydrogen-bond acceptors (Lipinski definition) is 4. The van der Waals surface area contributed by atoms with E-state index in [-0.39, 0.29) is 6.61 Å². The molecule has 0 saturated carbocycles. The highest BCUT2D eigenvalue weighted by molar-refractivity contribution is 5.81. The standard InChI is InChI=1S/C16H24N4O/c1-20(8-9-21)11-14-13-5-3-7-18-16(13)19-15(14)12-4-2-6-17-10-12/h3,5,7,12,17,21H,2,4,6,8-11H2,1H3,(H,18,19)/t12-/m1/s1. The molecule has 1 aliphatic heterocycles. The van der Waals surface area contributed by atoms with Crippen molar-refractivity contribution >= 4 is 11.0 Å². The number of hydrogen-bond donors (Lipinski definition) is 3. The van der Waals surface area contributed by atoms with Crippen molar-refractivity contribution in [3.05, 3.63) is 29.6 Å². The van der Waals surface area contributed by atoms with Crippen molar-refractivity contribution in [2.75, 3.05) is 33.3 Å². The number of aromatic nitrogens is 2. The van der Waals surface area contributed by atoms with Gasteiger partial charge in [0.2, 0.25) is 0 Å². The Labute approximate surface area is 125 Å². The molecule has 0 aliphatic carbocycles. The fourth-order valence-electron chi connectivity index (χ4n) is 3.23. The molecule has 0 aromatic carbocycles. The number of aliphatic hydroxyl groups excluding tert-OH is 1. The number of fused-ring (bicyclic) bond motifs is 1. The molecule has 1 fully saturated rings. The Kier molecular flexibility index (Phi) is 4.53. The second kappa shape index (κ2) is 6.56. The summed E-state index contributed by atoms with van der Waals surface area (Å²) in [6, 6.07) is 4.13. The maximum absolute atomic E-state index is 9.12. The molecule has 1 aliphatic rings. The third kappa shape index (κ3) is 3.10. The van der Waals surface area contributed by atoms with E-state index in [4.69, 9.17) is 5.11 Å². The number of likely N-dealkylation sites (N-methyl/N-ethyl adjacent to an activating group) is 1. The van der Waals surface area contributed by atoms with E-state index in [9.17, 15) is 0 Å². The Morgan fingerprint density at radius 1 is 1.48 bits per heavy atom. The summed E-state index contributed by atoms with van der Waals surface area (Å²) in [5, 5.41) is 13.8. The van der Waals surface area contributed by atoms with Crippen LogP contribution in [0.4, 0.5) is 0 Å². The van der Waals surface area contributed by atoms with Crippen LogP contribution in [0.25, 0.3) is 11.0 Å². The largest absolute Gasteiger partial charge is 0.395 e. The van der Waals surface area contributed by atoms with Crippen LogP contribution in [0, 0.1) is 0 Å². The molecule has 0 spiro atoms. The number of nitrogens with one attached hydrogen (secondary N) is 2. The second-order valence-corrected chi connectivity index (χ2v) is 5.92. The molecule has 21 heavy (non-hydrogen) atoms. The minimum atomic E-state index is 0.192. The third-order valence-corrected chi connectivity index (χ3v) is 4.33. The van der Waals surface area contributed by atoms with Gasteiger partial charge in [-0.15, -0.1) is 0 Å². The van der Waals surface area contributed by atoms with Crippen molar-refractivity contribution < 1.29 is 5.11 Å². The summed E-state index contributed by atoms with van der Waals surface area (Å²) >= 11 is 0. The molecule has 3 N–H and O–H groups in total. The average Bonchev–Trinajstić information content (AvgIpc) is 2.87. The van der Waals surface area contributed by atoms with E-state index >= 15 is 0 Å². The summed E-state index contributed by atoms with van der Waals surface area (Å²) in [7, 11) is 2.05. The Morgan fingerprint density at radius 2 is 2.38 bits per heavy atom. The number of H-pyrrole nitrogens is 1. The lowest BCUT2D eigenvalue weighted by Gasteiger charge is -2.24. The summed E-state index contributed by atoms with van der Waals surface area (Å²) < 4.78 is 0. The minimum absolute atomic E-state index is 0.192. The number of aliphatic hydroxyl groups is 1. The van der Waals surface area contributed by atoms with Gasteiger partial charge in [0.05, 0.1) is 6.61 Å². The van der Waals surface area contributed by atoms with Gasteiger partial charge in [-0.3, -0.25) is 4.90 Å². The quantitative estimate of drug-likeness (QED) is 0.779. The topological polar surface area (TPSA) is 64.2 Å². The number of piperidine rings is 1. The number of aromatic amines is 1. The molecule has 0 radical (unpaired) electrons. The fraction of sp³-hybridized carbons (Fsp3) is 0.562. The van der Waals surface area contributed by atoms with Gasteiger partial charge < -0.3 is 15.4 Å². The van der Waals surface area contributed by atoms with Crippen molar-refractivity contribution in [2.45, 2.75) is 25.3 Å². The lowest BCUT2D eigenvalue weighted by atomic mass is 9.93. The zero-order valence-corrected chi connectivity index (χ0v) is 12.6. The maximum Gasteiger partial charge on any atom is 0.137 e. The van der Waals surface area contributed by atoms with Crippen LogP contribution in [0.2, 0.25) is 0 Å². The van der Waals surface area contributed by atoms with E-state index in [1.54, 1.807) is 0 Å². The Bertz CT molecular complexity index is 589. The van der Waals surface area contributed by atoms with Crippen molar-refractivity contribution in [1.29, 1.82) is 0 Å². The molecule has 5 heteroatoms. The summed E-state index contributed by atoms with van der Waals surface area (Å²) in [6.45, 7) is 3.88. The van der Waals surface area contributed by atoms with E-state index in [0.29, 0.717) is 12.5 Å². The fourth-order valence-corrected chi connectivity index (χ4v) is 3.23. The van der Waals surface area contributed by atoms with Crippen LogP contribution in [0.5, 0.6) is 0 Å². The molecule has 5 nitrogen and oxygen atoms in total. The lowest BCUT2D eigenvalue weighted by molar-refractivity contribution is 0.217.